The Balaban J connectivity index is 1.12. The highest BCUT2D eigenvalue weighted by Gasteiger charge is 2.18. The van der Waals surface area contributed by atoms with Crippen molar-refractivity contribution < 1.29 is 0 Å². The van der Waals surface area contributed by atoms with Crippen LogP contribution in [0.1, 0.15) is 0 Å². The van der Waals surface area contributed by atoms with E-state index in [4.69, 9.17) is 9.97 Å². The second kappa shape index (κ2) is 16.1. The zero-order chi connectivity index (χ0) is 41.2. The first-order valence-electron chi connectivity index (χ1n) is 21.1. The zero-order valence-corrected chi connectivity index (χ0v) is 34.0. The van der Waals surface area contributed by atoms with Gasteiger partial charge in [-0.1, -0.05) is 200 Å². The van der Waals surface area contributed by atoms with Crippen molar-refractivity contribution in [1.29, 1.82) is 0 Å². The van der Waals surface area contributed by atoms with E-state index in [1.807, 2.05) is 0 Å². The van der Waals surface area contributed by atoms with Crippen LogP contribution in [0.5, 0.6) is 0 Å². The molecule has 290 valence electrons. The number of hydrogen-bond acceptors (Lipinski definition) is 2. The Bertz CT molecular complexity index is 3280. The highest BCUT2D eigenvalue weighted by Crippen LogP contribution is 2.42. The summed E-state index contributed by atoms with van der Waals surface area (Å²) in [6.07, 6.45) is 0. The maximum absolute atomic E-state index is 5.52. The van der Waals surface area contributed by atoms with Crippen LogP contribution in [0.2, 0.25) is 0 Å². The molecule has 9 aromatic carbocycles. The van der Waals surface area contributed by atoms with Gasteiger partial charge in [-0.25, -0.2) is 9.97 Å². The van der Waals surface area contributed by atoms with E-state index in [1.54, 1.807) is 0 Å². The fraction of sp³-hybridized carbons (Fsp3) is 0. The third kappa shape index (κ3) is 7.14. The minimum absolute atomic E-state index is 0.920. The van der Waals surface area contributed by atoms with Crippen molar-refractivity contribution in [3.8, 4) is 89.4 Å². The Morgan fingerprint density at radius 1 is 0.226 bits per heavy atom. The lowest BCUT2D eigenvalue weighted by Gasteiger charge is -2.17. The molecule has 62 heavy (non-hydrogen) atoms. The van der Waals surface area contributed by atoms with Gasteiger partial charge < -0.3 is 0 Å². The first-order valence-corrected chi connectivity index (χ1v) is 21.1. The molecule has 0 aliphatic rings. The standard InChI is InChI=1S/C60H40N2/c1-5-18-41(19-6-1)45-27-16-31-50(35-45)56-38-52(39-57(61-56)51-32-17-28-46(36-51)42-20-7-2-8-21-42)47-29-15-30-48(34-47)55-37-49-26-13-14-33-53(49)59-54(43-22-9-3-10-23-43)40-58(62-60(55)59)44-24-11-4-12-25-44/h1-40H. The molecule has 2 aromatic heterocycles. The molecule has 0 bridgehead atoms. The SMILES string of the molecule is c1ccc(-c2cccc(-c3cc(-c4cccc(-c5cc6ccccc6c6c(-c7ccccc7)cc(-c7ccccc7)nc56)c4)cc(-c4cccc(-c5ccccc5)c4)n3)c2)cc1. The molecule has 2 heterocycles. The van der Waals surface area contributed by atoms with Crippen LogP contribution in [0, 0.1) is 0 Å². The van der Waals surface area contributed by atoms with Crippen molar-refractivity contribution in [2.24, 2.45) is 0 Å². The summed E-state index contributed by atoms with van der Waals surface area (Å²) in [5.74, 6) is 0. The Morgan fingerprint density at radius 2 is 0.645 bits per heavy atom. The van der Waals surface area contributed by atoms with Crippen molar-refractivity contribution in [2.45, 2.75) is 0 Å². The summed E-state index contributed by atoms with van der Waals surface area (Å²) in [5.41, 5.74) is 18.4. The summed E-state index contributed by atoms with van der Waals surface area (Å²) >= 11 is 0. The first-order chi connectivity index (χ1) is 30.7. The van der Waals surface area contributed by atoms with E-state index in [0.29, 0.717) is 0 Å². The van der Waals surface area contributed by atoms with Crippen LogP contribution >= 0.6 is 0 Å². The molecule has 11 aromatic rings. The highest BCUT2D eigenvalue weighted by molar-refractivity contribution is 6.18. The van der Waals surface area contributed by atoms with Crippen LogP contribution in [0.25, 0.3) is 111 Å². The van der Waals surface area contributed by atoms with Crippen molar-refractivity contribution in [1.82, 2.24) is 9.97 Å². The number of fused-ring (bicyclic) bond motifs is 3. The van der Waals surface area contributed by atoms with E-state index in [-0.39, 0.29) is 0 Å². The topological polar surface area (TPSA) is 25.8 Å². The molecule has 0 atom stereocenters. The Hall–Kier alpha value is -8.20. The molecule has 0 saturated carbocycles. The molecule has 0 N–H and O–H groups in total. The highest BCUT2D eigenvalue weighted by atomic mass is 14.7. The fourth-order valence-electron chi connectivity index (χ4n) is 8.75. The lowest BCUT2D eigenvalue weighted by Crippen LogP contribution is -1.95. The molecule has 0 saturated heterocycles. The van der Waals surface area contributed by atoms with E-state index in [0.717, 1.165) is 83.6 Å². The van der Waals surface area contributed by atoms with Crippen molar-refractivity contribution in [3.63, 3.8) is 0 Å². The molecule has 11 rings (SSSR count). The van der Waals surface area contributed by atoms with Crippen LogP contribution in [-0.2, 0) is 0 Å². The second-order valence-corrected chi connectivity index (χ2v) is 15.8. The monoisotopic (exact) mass is 788 g/mol. The van der Waals surface area contributed by atoms with Gasteiger partial charge in [-0.15, -0.1) is 0 Å². The van der Waals surface area contributed by atoms with Gasteiger partial charge in [0.25, 0.3) is 0 Å². The van der Waals surface area contributed by atoms with E-state index in [1.165, 1.54) is 27.5 Å². The van der Waals surface area contributed by atoms with Gasteiger partial charge in [0, 0.05) is 27.6 Å². The molecule has 0 unspecified atom stereocenters. The van der Waals surface area contributed by atoms with Crippen LogP contribution in [0.3, 0.4) is 0 Å². The van der Waals surface area contributed by atoms with Crippen LogP contribution in [0.15, 0.2) is 243 Å². The smallest absolute Gasteiger partial charge is 0.0800 e. The van der Waals surface area contributed by atoms with Gasteiger partial charge in [-0.3, -0.25) is 0 Å². The predicted molar refractivity (Wildman–Crippen MR) is 261 cm³/mol. The van der Waals surface area contributed by atoms with E-state index in [9.17, 15) is 0 Å². The van der Waals surface area contributed by atoms with Gasteiger partial charge in [-0.2, -0.15) is 0 Å². The summed E-state index contributed by atoms with van der Waals surface area (Å²) in [7, 11) is 0. The predicted octanol–water partition coefficient (Wildman–Crippen LogP) is 16.1. The average molecular weight is 789 g/mol. The lowest BCUT2D eigenvalue weighted by atomic mass is 9.89. The number of aromatic nitrogens is 2. The summed E-state index contributed by atoms with van der Waals surface area (Å²) in [6, 6.07) is 86.5. The molecular weight excluding hydrogens is 749 g/mol. The van der Waals surface area contributed by atoms with Crippen LogP contribution in [0.4, 0.5) is 0 Å². The van der Waals surface area contributed by atoms with Crippen molar-refractivity contribution in [2.75, 3.05) is 0 Å². The van der Waals surface area contributed by atoms with Gasteiger partial charge in [0.2, 0.25) is 0 Å². The minimum Gasteiger partial charge on any atom is -0.248 e. The lowest BCUT2D eigenvalue weighted by molar-refractivity contribution is 1.32. The molecule has 2 nitrogen and oxygen atoms in total. The van der Waals surface area contributed by atoms with Crippen LogP contribution in [-0.4, -0.2) is 9.97 Å². The molecular formula is C60H40N2. The normalized spacial score (nSPS) is 11.2. The fourth-order valence-corrected chi connectivity index (χ4v) is 8.75. The summed E-state index contributed by atoms with van der Waals surface area (Å²) in [5, 5.41) is 3.52. The summed E-state index contributed by atoms with van der Waals surface area (Å²) < 4.78 is 0. The molecule has 0 amide bonds. The number of hydrogen-bond donors (Lipinski definition) is 0. The summed E-state index contributed by atoms with van der Waals surface area (Å²) in [4.78, 5) is 10.9. The van der Waals surface area contributed by atoms with Crippen molar-refractivity contribution in [3.05, 3.63) is 243 Å². The number of benzene rings is 9. The molecule has 0 fully saturated rings. The van der Waals surface area contributed by atoms with Crippen molar-refractivity contribution >= 4 is 21.7 Å². The van der Waals surface area contributed by atoms with E-state index >= 15 is 0 Å². The molecule has 0 aliphatic heterocycles. The van der Waals surface area contributed by atoms with Gasteiger partial charge in [-0.05, 0) is 103 Å². The quantitative estimate of drug-likeness (QED) is 0.143. The molecule has 2 heteroatoms. The molecule has 0 aliphatic carbocycles. The maximum atomic E-state index is 5.52. The van der Waals surface area contributed by atoms with Gasteiger partial charge in [0.15, 0.2) is 0 Å². The Morgan fingerprint density at radius 3 is 1.23 bits per heavy atom. The van der Waals surface area contributed by atoms with Gasteiger partial charge in [0.05, 0.1) is 22.6 Å². The van der Waals surface area contributed by atoms with Gasteiger partial charge in [0.1, 0.15) is 0 Å². The maximum Gasteiger partial charge on any atom is 0.0800 e. The molecule has 0 radical (unpaired) electrons. The largest absolute Gasteiger partial charge is 0.248 e. The van der Waals surface area contributed by atoms with Gasteiger partial charge >= 0.3 is 0 Å². The Kier molecular flexibility index (Phi) is 9.57. The first kappa shape index (κ1) is 36.8. The second-order valence-electron chi connectivity index (χ2n) is 15.8. The number of rotatable bonds is 8. The third-order valence-electron chi connectivity index (χ3n) is 11.8. The average Bonchev–Trinajstić information content (AvgIpc) is 3.37. The summed E-state index contributed by atoms with van der Waals surface area (Å²) in [6.45, 7) is 0. The third-order valence-corrected chi connectivity index (χ3v) is 11.8. The van der Waals surface area contributed by atoms with E-state index in [2.05, 4.69) is 243 Å². The zero-order valence-electron chi connectivity index (χ0n) is 34.0. The van der Waals surface area contributed by atoms with E-state index < -0.39 is 0 Å². The van der Waals surface area contributed by atoms with Crippen LogP contribution < -0.4 is 0 Å². The number of nitrogens with zero attached hydrogens (tertiary/aromatic N) is 2. The molecule has 0 spiro atoms. The Labute approximate surface area is 362 Å². The minimum atomic E-state index is 0.920. The number of pyridine rings is 2.